The van der Waals surface area contributed by atoms with Crippen molar-refractivity contribution in [2.75, 3.05) is 26.2 Å². The van der Waals surface area contributed by atoms with Crippen LogP contribution in [0.15, 0.2) is 11.6 Å². The molecule has 0 unspecified atom stereocenters. The van der Waals surface area contributed by atoms with Gasteiger partial charge in [0.05, 0.1) is 0 Å². The van der Waals surface area contributed by atoms with Crippen LogP contribution in [0.5, 0.6) is 0 Å². The van der Waals surface area contributed by atoms with E-state index in [1.54, 1.807) is 0 Å². The Balaban J connectivity index is 2.40. The summed E-state index contributed by atoms with van der Waals surface area (Å²) in [6, 6.07) is 0. The van der Waals surface area contributed by atoms with Crippen molar-refractivity contribution >= 4 is 0 Å². The van der Waals surface area contributed by atoms with E-state index in [0.717, 1.165) is 19.6 Å². The molecule has 0 fully saturated rings. The lowest BCUT2D eigenvalue weighted by Crippen LogP contribution is -2.31. The van der Waals surface area contributed by atoms with Gasteiger partial charge in [0.15, 0.2) is 0 Å². The van der Waals surface area contributed by atoms with Crippen LogP contribution in [-0.2, 0) is 0 Å². The predicted octanol–water partition coefficient (Wildman–Crippen LogP) is 0.597. The highest BCUT2D eigenvalue weighted by Crippen LogP contribution is 2.06. The topological polar surface area (TPSA) is 29.3 Å². The number of likely N-dealkylation sites (N-methyl/N-ethyl adjacent to an activating group) is 1. The summed E-state index contributed by atoms with van der Waals surface area (Å²) in [4.78, 5) is 2.42. The second-order valence-corrected chi connectivity index (χ2v) is 2.72. The molecule has 1 rings (SSSR count). The lowest BCUT2D eigenvalue weighted by molar-refractivity contribution is 0.305. The molecular formula is C8H16N2. The molecule has 0 amide bonds. The monoisotopic (exact) mass is 140 g/mol. The van der Waals surface area contributed by atoms with Gasteiger partial charge in [-0.15, -0.1) is 0 Å². The molecule has 0 saturated heterocycles. The zero-order valence-corrected chi connectivity index (χ0v) is 6.64. The van der Waals surface area contributed by atoms with Crippen LogP contribution in [0.3, 0.4) is 0 Å². The largest absolute Gasteiger partial charge is 0.327 e. The van der Waals surface area contributed by atoms with Crippen LogP contribution in [0.4, 0.5) is 0 Å². The number of nitrogens with two attached hydrogens (primary N) is 1. The summed E-state index contributed by atoms with van der Waals surface area (Å²) < 4.78 is 0. The summed E-state index contributed by atoms with van der Waals surface area (Å²) in [5, 5.41) is 0. The van der Waals surface area contributed by atoms with Crippen LogP contribution in [-0.4, -0.2) is 31.1 Å². The Kier molecular flexibility index (Phi) is 2.90. The first-order valence-corrected chi connectivity index (χ1v) is 3.97. The van der Waals surface area contributed by atoms with Crippen LogP contribution < -0.4 is 5.73 Å². The molecular weight excluding hydrogens is 124 g/mol. The average molecular weight is 140 g/mol. The molecule has 0 atom stereocenters. The second kappa shape index (κ2) is 3.74. The summed E-state index contributed by atoms with van der Waals surface area (Å²) in [5.74, 6) is 0. The highest BCUT2D eigenvalue weighted by Gasteiger charge is 2.08. The minimum absolute atomic E-state index is 0.733. The summed E-state index contributed by atoms with van der Waals surface area (Å²) >= 11 is 0. The van der Waals surface area contributed by atoms with Crippen LogP contribution >= 0.6 is 0 Å². The van der Waals surface area contributed by atoms with Crippen LogP contribution in [0.2, 0.25) is 0 Å². The normalized spacial score (nSPS) is 20.8. The molecule has 0 aromatic heterocycles. The van der Waals surface area contributed by atoms with Gasteiger partial charge in [0.25, 0.3) is 0 Å². The van der Waals surface area contributed by atoms with Crippen molar-refractivity contribution in [2.45, 2.75) is 13.3 Å². The maximum Gasteiger partial charge on any atom is 0.0205 e. The molecule has 10 heavy (non-hydrogen) atoms. The average Bonchev–Trinajstić information content (AvgIpc) is 2.05. The molecule has 2 nitrogen and oxygen atoms in total. The number of nitrogens with zero attached hydrogens (tertiary/aromatic N) is 1. The van der Waals surface area contributed by atoms with Gasteiger partial charge >= 0.3 is 0 Å². The van der Waals surface area contributed by atoms with E-state index in [1.807, 2.05) is 0 Å². The predicted molar refractivity (Wildman–Crippen MR) is 43.9 cm³/mol. The van der Waals surface area contributed by atoms with Crippen molar-refractivity contribution in [3.63, 3.8) is 0 Å². The maximum atomic E-state index is 5.53. The third kappa shape index (κ3) is 1.82. The zero-order chi connectivity index (χ0) is 7.40. The second-order valence-electron chi connectivity index (χ2n) is 2.72. The highest BCUT2D eigenvalue weighted by molar-refractivity contribution is 5.09. The van der Waals surface area contributed by atoms with E-state index < -0.39 is 0 Å². The fraction of sp³-hybridized carbons (Fsp3) is 0.750. The van der Waals surface area contributed by atoms with E-state index in [9.17, 15) is 0 Å². The minimum atomic E-state index is 0.733. The Morgan fingerprint density at radius 2 is 2.50 bits per heavy atom. The molecule has 0 aromatic carbocycles. The Morgan fingerprint density at radius 3 is 3.10 bits per heavy atom. The number of hydrogen-bond acceptors (Lipinski definition) is 2. The Morgan fingerprint density at radius 1 is 1.70 bits per heavy atom. The van der Waals surface area contributed by atoms with Gasteiger partial charge in [-0.1, -0.05) is 13.0 Å². The Bertz CT molecular complexity index is 129. The third-order valence-electron chi connectivity index (χ3n) is 2.01. The van der Waals surface area contributed by atoms with Gasteiger partial charge in [-0.3, -0.25) is 4.90 Å². The smallest absolute Gasteiger partial charge is 0.0205 e. The molecule has 2 N–H and O–H groups in total. The zero-order valence-electron chi connectivity index (χ0n) is 6.64. The van der Waals surface area contributed by atoms with Gasteiger partial charge in [0.2, 0.25) is 0 Å². The number of hydrogen-bond donors (Lipinski definition) is 1. The van der Waals surface area contributed by atoms with Crippen molar-refractivity contribution in [3.8, 4) is 0 Å². The molecule has 2 heteroatoms. The quantitative estimate of drug-likeness (QED) is 0.569. The van der Waals surface area contributed by atoms with Gasteiger partial charge in [-0.2, -0.15) is 0 Å². The first kappa shape index (κ1) is 7.76. The highest BCUT2D eigenvalue weighted by atomic mass is 15.1. The van der Waals surface area contributed by atoms with Crippen LogP contribution in [0.1, 0.15) is 13.3 Å². The molecule has 1 heterocycles. The molecule has 0 bridgehead atoms. The van der Waals surface area contributed by atoms with Gasteiger partial charge in [-0.05, 0) is 18.5 Å². The van der Waals surface area contributed by atoms with E-state index in [2.05, 4.69) is 17.9 Å². The lowest BCUT2D eigenvalue weighted by atomic mass is 10.1. The lowest BCUT2D eigenvalue weighted by Gasteiger charge is -2.24. The van der Waals surface area contributed by atoms with Gasteiger partial charge in [-0.25, -0.2) is 0 Å². The SMILES string of the molecule is CCN1CCC=C(CN)C1. The fourth-order valence-corrected chi connectivity index (χ4v) is 1.30. The van der Waals surface area contributed by atoms with Gasteiger partial charge < -0.3 is 5.73 Å². The van der Waals surface area contributed by atoms with Crippen molar-refractivity contribution < 1.29 is 0 Å². The van der Waals surface area contributed by atoms with E-state index in [1.165, 1.54) is 18.5 Å². The molecule has 0 radical (unpaired) electrons. The van der Waals surface area contributed by atoms with Crippen molar-refractivity contribution in [1.29, 1.82) is 0 Å². The molecule has 0 saturated carbocycles. The number of rotatable bonds is 2. The van der Waals surface area contributed by atoms with Gasteiger partial charge in [0.1, 0.15) is 0 Å². The fourth-order valence-electron chi connectivity index (χ4n) is 1.30. The Labute approximate surface area is 62.7 Å². The molecule has 0 spiro atoms. The molecule has 0 aliphatic carbocycles. The van der Waals surface area contributed by atoms with Crippen LogP contribution in [0, 0.1) is 0 Å². The summed E-state index contributed by atoms with van der Waals surface area (Å²) in [7, 11) is 0. The van der Waals surface area contributed by atoms with Crippen LogP contribution in [0.25, 0.3) is 0 Å². The summed E-state index contributed by atoms with van der Waals surface area (Å²) in [6.07, 6.45) is 3.45. The first-order chi connectivity index (χ1) is 4.86. The summed E-state index contributed by atoms with van der Waals surface area (Å²) in [5.41, 5.74) is 6.92. The minimum Gasteiger partial charge on any atom is -0.327 e. The van der Waals surface area contributed by atoms with Crippen molar-refractivity contribution in [2.24, 2.45) is 5.73 Å². The van der Waals surface area contributed by atoms with Crippen molar-refractivity contribution in [1.82, 2.24) is 4.90 Å². The van der Waals surface area contributed by atoms with E-state index in [0.29, 0.717) is 0 Å². The molecule has 1 aliphatic rings. The molecule has 58 valence electrons. The molecule has 1 aliphatic heterocycles. The summed E-state index contributed by atoms with van der Waals surface area (Å²) in [6.45, 7) is 6.38. The van der Waals surface area contributed by atoms with Crippen molar-refractivity contribution in [3.05, 3.63) is 11.6 Å². The van der Waals surface area contributed by atoms with E-state index in [4.69, 9.17) is 5.73 Å². The third-order valence-corrected chi connectivity index (χ3v) is 2.01. The van der Waals surface area contributed by atoms with E-state index in [-0.39, 0.29) is 0 Å². The van der Waals surface area contributed by atoms with E-state index >= 15 is 0 Å². The standard InChI is InChI=1S/C8H16N2/c1-2-10-5-3-4-8(6-9)7-10/h4H,2-3,5-7,9H2,1H3. The Hall–Kier alpha value is -0.340. The maximum absolute atomic E-state index is 5.53. The first-order valence-electron chi connectivity index (χ1n) is 3.97. The van der Waals surface area contributed by atoms with Gasteiger partial charge in [0, 0.05) is 19.6 Å². The molecule has 0 aromatic rings.